The zero-order chi connectivity index (χ0) is 9.14. The van der Waals surface area contributed by atoms with E-state index in [-0.39, 0.29) is 0 Å². The average Bonchev–Trinajstić information content (AvgIpc) is 2.03. The van der Waals surface area contributed by atoms with Crippen LogP contribution in [0.1, 0.15) is 30.9 Å². The van der Waals surface area contributed by atoms with Gasteiger partial charge in [0.15, 0.2) is 0 Å². The van der Waals surface area contributed by atoms with Crippen molar-refractivity contribution in [3.63, 3.8) is 0 Å². The second-order valence-electron chi connectivity index (χ2n) is 2.97. The van der Waals surface area contributed by atoms with E-state index in [0.29, 0.717) is 5.92 Å². The van der Waals surface area contributed by atoms with Gasteiger partial charge in [-0.15, -0.1) is 0 Å². The van der Waals surface area contributed by atoms with Crippen LogP contribution >= 0.6 is 22.6 Å². The second-order valence-corrected chi connectivity index (χ2v) is 4.13. The van der Waals surface area contributed by atoms with Crippen LogP contribution in [0.5, 0.6) is 0 Å². The molecule has 0 bridgehead atoms. The van der Waals surface area contributed by atoms with Crippen LogP contribution in [0.3, 0.4) is 0 Å². The number of halogens is 1. The van der Waals surface area contributed by atoms with Crippen LogP contribution in [0.25, 0.3) is 0 Å². The molecule has 0 aliphatic heterocycles. The maximum atomic E-state index is 8.89. The second kappa shape index (κ2) is 3.90. The maximum Gasteiger partial charge on any atom is 0.101 e. The van der Waals surface area contributed by atoms with Crippen LogP contribution in [0, 0.1) is 14.9 Å². The fraction of sp³-hybridized carbons (Fsp3) is 0.300. The molecule has 0 aliphatic rings. The molecule has 0 fully saturated rings. The van der Waals surface area contributed by atoms with Gasteiger partial charge in [0.2, 0.25) is 0 Å². The molecule has 0 saturated heterocycles. The molecule has 0 unspecified atom stereocenters. The Kier molecular flexibility index (Phi) is 3.10. The van der Waals surface area contributed by atoms with Gasteiger partial charge in [-0.2, -0.15) is 5.26 Å². The summed E-state index contributed by atoms with van der Waals surface area (Å²) < 4.78 is 1.04. The van der Waals surface area contributed by atoms with Gasteiger partial charge in [-0.1, -0.05) is 26.0 Å². The number of hydrogen-bond donors (Lipinski definition) is 0. The van der Waals surface area contributed by atoms with Crippen LogP contribution in [-0.2, 0) is 0 Å². The lowest BCUT2D eigenvalue weighted by Gasteiger charge is -2.07. The summed E-state index contributed by atoms with van der Waals surface area (Å²) >= 11 is 2.20. The molecule has 1 rings (SSSR count). The first-order valence-electron chi connectivity index (χ1n) is 3.85. The molecule has 0 saturated carbocycles. The monoisotopic (exact) mass is 271 g/mol. The smallest absolute Gasteiger partial charge is 0.101 e. The fourth-order valence-electron chi connectivity index (χ4n) is 1.14. The number of rotatable bonds is 1. The summed E-state index contributed by atoms with van der Waals surface area (Å²) in [6, 6.07) is 8.22. The van der Waals surface area contributed by atoms with Crippen molar-refractivity contribution in [2.45, 2.75) is 19.8 Å². The summed E-state index contributed by atoms with van der Waals surface area (Å²) in [6.45, 7) is 4.21. The van der Waals surface area contributed by atoms with E-state index in [1.165, 1.54) is 0 Å². The van der Waals surface area contributed by atoms with Gasteiger partial charge in [0.25, 0.3) is 0 Å². The first kappa shape index (κ1) is 9.53. The molecule has 0 amide bonds. The van der Waals surface area contributed by atoms with E-state index in [1.54, 1.807) is 0 Å². The molecular formula is C10H10IN. The first-order valence-corrected chi connectivity index (χ1v) is 4.93. The summed E-state index contributed by atoms with van der Waals surface area (Å²) in [6.07, 6.45) is 0. The van der Waals surface area contributed by atoms with Gasteiger partial charge >= 0.3 is 0 Å². The van der Waals surface area contributed by atoms with Crippen molar-refractivity contribution in [1.82, 2.24) is 0 Å². The topological polar surface area (TPSA) is 23.8 Å². The molecule has 62 valence electrons. The summed E-state index contributed by atoms with van der Waals surface area (Å²) in [4.78, 5) is 0. The van der Waals surface area contributed by atoms with E-state index in [1.807, 2.05) is 18.2 Å². The zero-order valence-corrected chi connectivity index (χ0v) is 9.29. The highest BCUT2D eigenvalue weighted by molar-refractivity contribution is 14.1. The minimum Gasteiger partial charge on any atom is -0.192 e. The maximum absolute atomic E-state index is 8.89. The molecule has 1 aromatic carbocycles. The van der Waals surface area contributed by atoms with Gasteiger partial charge in [0.05, 0.1) is 5.56 Å². The molecule has 0 heterocycles. The molecule has 0 N–H and O–H groups in total. The van der Waals surface area contributed by atoms with E-state index in [9.17, 15) is 0 Å². The highest BCUT2D eigenvalue weighted by Gasteiger charge is 2.07. The average molecular weight is 271 g/mol. The van der Waals surface area contributed by atoms with Gasteiger partial charge in [-0.25, -0.2) is 0 Å². The highest BCUT2D eigenvalue weighted by Crippen LogP contribution is 2.22. The third-order valence-electron chi connectivity index (χ3n) is 1.78. The molecule has 0 atom stereocenters. The minimum absolute atomic E-state index is 0.425. The summed E-state index contributed by atoms with van der Waals surface area (Å²) in [5.41, 5.74) is 1.97. The lowest BCUT2D eigenvalue weighted by atomic mass is 9.98. The number of nitriles is 1. The van der Waals surface area contributed by atoms with Crippen LogP contribution in [0.15, 0.2) is 18.2 Å². The Morgan fingerprint density at radius 1 is 1.42 bits per heavy atom. The van der Waals surface area contributed by atoms with Crippen LogP contribution < -0.4 is 0 Å². The largest absolute Gasteiger partial charge is 0.192 e. The Morgan fingerprint density at radius 3 is 2.50 bits per heavy atom. The van der Waals surface area contributed by atoms with E-state index >= 15 is 0 Å². The summed E-state index contributed by atoms with van der Waals surface area (Å²) in [5.74, 6) is 0.425. The third kappa shape index (κ3) is 1.78. The van der Waals surface area contributed by atoms with Crippen molar-refractivity contribution in [2.75, 3.05) is 0 Å². The Labute approximate surface area is 86.5 Å². The molecule has 1 aromatic rings. The molecule has 12 heavy (non-hydrogen) atoms. The van der Waals surface area contributed by atoms with E-state index in [4.69, 9.17) is 5.26 Å². The molecule has 0 spiro atoms. The van der Waals surface area contributed by atoms with E-state index in [0.717, 1.165) is 14.7 Å². The normalized spacial score (nSPS) is 9.92. The first-order chi connectivity index (χ1) is 5.66. The van der Waals surface area contributed by atoms with E-state index < -0.39 is 0 Å². The SMILES string of the molecule is CC(C)c1cccc(I)c1C#N. The Balaban J connectivity index is 3.30. The fourth-order valence-corrected chi connectivity index (χ4v) is 1.78. The molecule has 1 nitrogen and oxygen atoms in total. The Hall–Kier alpha value is -0.560. The minimum atomic E-state index is 0.425. The quantitative estimate of drug-likeness (QED) is 0.719. The van der Waals surface area contributed by atoms with Gasteiger partial charge < -0.3 is 0 Å². The molecule has 0 aromatic heterocycles. The van der Waals surface area contributed by atoms with Crippen molar-refractivity contribution in [3.05, 3.63) is 32.9 Å². The van der Waals surface area contributed by atoms with Crippen molar-refractivity contribution < 1.29 is 0 Å². The Bertz CT molecular complexity index is 323. The predicted molar refractivity (Wildman–Crippen MR) is 58.0 cm³/mol. The molecule has 0 radical (unpaired) electrons. The molecule has 2 heteroatoms. The van der Waals surface area contributed by atoms with Gasteiger partial charge in [-0.3, -0.25) is 0 Å². The van der Waals surface area contributed by atoms with E-state index in [2.05, 4.69) is 42.5 Å². The van der Waals surface area contributed by atoms with Crippen molar-refractivity contribution in [1.29, 1.82) is 5.26 Å². The van der Waals surface area contributed by atoms with Crippen LogP contribution in [-0.4, -0.2) is 0 Å². The standard InChI is InChI=1S/C10H10IN/c1-7(2)8-4-3-5-10(11)9(8)6-12/h3-5,7H,1-2H3. The zero-order valence-electron chi connectivity index (χ0n) is 7.13. The van der Waals surface area contributed by atoms with Crippen LogP contribution in [0.2, 0.25) is 0 Å². The summed E-state index contributed by atoms with van der Waals surface area (Å²) in [5, 5.41) is 8.89. The predicted octanol–water partition coefficient (Wildman–Crippen LogP) is 3.29. The Morgan fingerprint density at radius 2 is 2.08 bits per heavy atom. The third-order valence-corrected chi connectivity index (χ3v) is 2.68. The van der Waals surface area contributed by atoms with Crippen molar-refractivity contribution in [3.8, 4) is 6.07 Å². The molecular weight excluding hydrogens is 261 g/mol. The number of benzene rings is 1. The lowest BCUT2D eigenvalue weighted by molar-refractivity contribution is 0.861. The van der Waals surface area contributed by atoms with Gasteiger partial charge in [0.1, 0.15) is 6.07 Å². The van der Waals surface area contributed by atoms with Crippen molar-refractivity contribution >= 4 is 22.6 Å². The molecule has 0 aliphatic carbocycles. The highest BCUT2D eigenvalue weighted by atomic mass is 127. The summed E-state index contributed by atoms with van der Waals surface area (Å²) in [7, 11) is 0. The number of nitrogens with zero attached hydrogens (tertiary/aromatic N) is 1. The lowest BCUT2D eigenvalue weighted by Crippen LogP contribution is -1.94. The van der Waals surface area contributed by atoms with Gasteiger partial charge in [-0.05, 0) is 40.1 Å². The van der Waals surface area contributed by atoms with Gasteiger partial charge in [0, 0.05) is 3.57 Å². The van der Waals surface area contributed by atoms with Crippen LogP contribution in [0.4, 0.5) is 0 Å². The van der Waals surface area contributed by atoms with Crippen molar-refractivity contribution in [2.24, 2.45) is 0 Å². The number of hydrogen-bond acceptors (Lipinski definition) is 1.